The Bertz CT molecular complexity index is 405. The van der Waals surface area contributed by atoms with E-state index in [0.29, 0.717) is 0 Å². The van der Waals surface area contributed by atoms with Gasteiger partial charge in [-0.1, -0.05) is 19.1 Å². The summed E-state index contributed by atoms with van der Waals surface area (Å²) in [4.78, 5) is 2.58. The molecule has 0 radical (unpaired) electrons. The van der Waals surface area contributed by atoms with Crippen LogP contribution in [0.1, 0.15) is 18.1 Å². The second-order valence-corrected chi connectivity index (χ2v) is 6.63. The van der Waals surface area contributed by atoms with E-state index >= 15 is 0 Å². The fourth-order valence-electron chi connectivity index (χ4n) is 2.73. The summed E-state index contributed by atoms with van der Waals surface area (Å²) in [6.45, 7) is 7.02. The molecule has 1 saturated heterocycles. The Morgan fingerprint density at radius 2 is 2.41 bits per heavy atom. The minimum Gasteiger partial charge on any atom is -0.384 e. The van der Waals surface area contributed by atoms with Gasteiger partial charge in [0.2, 0.25) is 0 Å². The summed E-state index contributed by atoms with van der Waals surface area (Å²) in [5.74, 6) is 1.28. The van der Waals surface area contributed by atoms with Crippen LogP contribution in [0.25, 0.3) is 0 Å². The minimum atomic E-state index is 0.788. The number of rotatable bonds is 2. The molecule has 1 aromatic carbocycles. The fraction of sp³-hybridized carbons (Fsp3) is 0.571. The maximum absolute atomic E-state index is 3.46. The molecule has 0 bridgehead atoms. The van der Waals surface area contributed by atoms with Crippen molar-refractivity contribution in [3.05, 3.63) is 29.3 Å². The largest absolute Gasteiger partial charge is 0.384 e. The zero-order valence-corrected chi connectivity index (χ0v) is 11.2. The van der Waals surface area contributed by atoms with Crippen molar-refractivity contribution in [3.8, 4) is 0 Å². The van der Waals surface area contributed by atoms with Crippen LogP contribution in [0, 0.1) is 0 Å². The number of fused-ring (bicyclic) bond motifs is 1. The topological polar surface area (TPSA) is 15.3 Å². The Morgan fingerprint density at radius 1 is 1.47 bits per heavy atom. The molecule has 1 fully saturated rings. The maximum Gasteiger partial charge on any atom is 0.0376 e. The van der Waals surface area contributed by atoms with E-state index in [4.69, 9.17) is 0 Å². The van der Waals surface area contributed by atoms with E-state index in [1.807, 2.05) is 0 Å². The average Bonchev–Trinajstić information content (AvgIpc) is 2.76. The van der Waals surface area contributed by atoms with Gasteiger partial charge in [-0.2, -0.15) is 11.8 Å². The molecule has 2 aliphatic heterocycles. The molecule has 3 rings (SSSR count). The minimum absolute atomic E-state index is 0.788. The number of anilines is 1. The van der Waals surface area contributed by atoms with Crippen LogP contribution in [-0.4, -0.2) is 35.5 Å². The third kappa shape index (κ3) is 2.61. The molecule has 1 N–H and O–H groups in total. The predicted octanol–water partition coefficient (Wildman–Crippen LogP) is 2.59. The van der Waals surface area contributed by atoms with Gasteiger partial charge in [0.05, 0.1) is 0 Å². The van der Waals surface area contributed by atoms with Crippen molar-refractivity contribution < 1.29 is 0 Å². The van der Waals surface area contributed by atoms with Gasteiger partial charge < -0.3 is 5.32 Å². The van der Waals surface area contributed by atoms with Gasteiger partial charge >= 0.3 is 0 Å². The van der Waals surface area contributed by atoms with Crippen molar-refractivity contribution in [1.29, 1.82) is 0 Å². The first-order valence-corrected chi connectivity index (χ1v) is 7.56. The van der Waals surface area contributed by atoms with Crippen molar-refractivity contribution in [2.75, 3.05) is 30.7 Å². The van der Waals surface area contributed by atoms with Crippen molar-refractivity contribution in [1.82, 2.24) is 4.90 Å². The Hall–Kier alpha value is -0.670. The highest BCUT2D eigenvalue weighted by atomic mass is 32.2. The number of hydrogen-bond donors (Lipinski definition) is 1. The smallest absolute Gasteiger partial charge is 0.0376 e. The van der Waals surface area contributed by atoms with Crippen LogP contribution in [0.2, 0.25) is 0 Å². The van der Waals surface area contributed by atoms with Gasteiger partial charge in [0, 0.05) is 42.9 Å². The van der Waals surface area contributed by atoms with Gasteiger partial charge in [-0.3, -0.25) is 4.90 Å². The van der Waals surface area contributed by atoms with Gasteiger partial charge in [0.1, 0.15) is 0 Å². The summed E-state index contributed by atoms with van der Waals surface area (Å²) in [7, 11) is 0. The molecule has 92 valence electrons. The Labute approximate surface area is 108 Å². The normalized spacial score (nSPS) is 24.4. The van der Waals surface area contributed by atoms with Crippen LogP contribution >= 0.6 is 11.8 Å². The molecule has 0 aliphatic carbocycles. The lowest BCUT2D eigenvalue weighted by atomic mass is 10.1. The quantitative estimate of drug-likeness (QED) is 0.866. The molecular weight excluding hydrogens is 228 g/mol. The molecule has 17 heavy (non-hydrogen) atoms. The van der Waals surface area contributed by atoms with Crippen LogP contribution in [0.15, 0.2) is 18.2 Å². The van der Waals surface area contributed by atoms with E-state index in [2.05, 4.69) is 47.1 Å². The zero-order valence-electron chi connectivity index (χ0n) is 10.4. The lowest BCUT2D eigenvalue weighted by molar-refractivity contribution is 0.278. The number of thioether (sulfide) groups is 1. The van der Waals surface area contributed by atoms with Gasteiger partial charge in [-0.15, -0.1) is 0 Å². The van der Waals surface area contributed by atoms with Gasteiger partial charge in [-0.25, -0.2) is 0 Å². The Morgan fingerprint density at radius 3 is 3.29 bits per heavy atom. The highest BCUT2D eigenvalue weighted by Crippen LogP contribution is 2.25. The average molecular weight is 248 g/mol. The Balaban J connectivity index is 1.68. The van der Waals surface area contributed by atoms with Gasteiger partial charge in [-0.05, 0) is 23.6 Å². The highest BCUT2D eigenvalue weighted by molar-refractivity contribution is 7.99. The number of nitrogens with zero attached hydrogens (tertiary/aromatic N) is 1. The van der Waals surface area contributed by atoms with E-state index in [1.165, 1.54) is 42.1 Å². The van der Waals surface area contributed by atoms with E-state index in [-0.39, 0.29) is 0 Å². The molecule has 1 unspecified atom stereocenters. The molecule has 0 aromatic heterocycles. The van der Waals surface area contributed by atoms with Crippen molar-refractivity contribution in [2.45, 2.75) is 25.1 Å². The lowest BCUT2D eigenvalue weighted by Gasteiger charge is -2.30. The second kappa shape index (κ2) is 4.91. The molecule has 3 heteroatoms. The molecule has 1 aromatic rings. The van der Waals surface area contributed by atoms with Crippen molar-refractivity contribution in [3.63, 3.8) is 0 Å². The third-order valence-corrected chi connectivity index (χ3v) is 4.75. The first-order valence-electron chi connectivity index (χ1n) is 6.51. The standard InChI is InChI=1S/C14H20N2S/c1-11-9-16(6-7-17-11)10-12-2-3-13-4-5-15-14(13)8-12/h2-3,8,11,15H,4-7,9-10H2,1H3. The molecule has 0 amide bonds. The summed E-state index contributed by atoms with van der Waals surface area (Å²) >= 11 is 2.10. The van der Waals surface area contributed by atoms with E-state index in [1.54, 1.807) is 0 Å². The molecule has 0 saturated carbocycles. The van der Waals surface area contributed by atoms with E-state index in [9.17, 15) is 0 Å². The summed E-state index contributed by atoms with van der Waals surface area (Å²) < 4.78 is 0. The predicted molar refractivity (Wildman–Crippen MR) is 75.8 cm³/mol. The van der Waals surface area contributed by atoms with Crippen LogP contribution in [0.5, 0.6) is 0 Å². The van der Waals surface area contributed by atoms with E-state index in [0.717, 1.165) is 18.3 Å². The number of nitrogens with one attached hydrogen (secondary N) is 1. The van der Waals surface area contributed by atoms with Gasteiger partial charge in [0.15, 0.2) is 0 Å². The SMILES string of the molecule is CC1CN(Cc2ccc3c(c2)NCC3)CCS1. The fourth-order valence-corrected chi connectivity index (χ4v) is 3.81. The number of benzene rings is 1. The first kappa shape index (κ1) is 11.4. The van der Waals surface area contributed by atoms with Gasteiger partial charge in [0.25, 0.3) is 0 Å². The van der Waals surface area contributed by atoms with Crippen LogP contribution in [0.4, 0.5) is 5.69 Å². The molecule has 2 nitrogen and oxygen atoms in total. The molecular formula is C14H20N2S. The first-order chi connectivity index (χ1) is 8.31. The zero-order chi connectivity index (χ0) is 11.7. The van der Waals surface area contributed by atoms with Crippen molar-refractivity contribution >= 4 is 17.4 Å². The number of hydrogen-bond acceptors (Lipinski definition) is 3. The van der Waals surface area contributed by atoms with Crippen LogP contribution < -0.4 is 5.32 Å². The van der Waals surface area contributed by atoms with Crippen LogP contribution in [-0.2, 0) is 13.0 Å². The lowest BCUT2D eigenvalue weighted by Crippen LogP contribution is -2.36. The highest BCUT2D eigenvalue weighted by Gasteiger charge is 2.17. The molecule has 0 spiro atoms. The summed E-state index contributed by atoms with van der Waals surface area (Å²) in [5.41, 5.74) is 4.30. The summed E-state index contributed by atoms with van der Waals surface area (Å²) in [6, 6.07) is 6.94. The maximum atomic E-state index is 3.46. The van der Waals surface area contributed by atoms with Crippen molar-refractivity contribution in [2.24, 2.45) is 0 Å². The second-order valence-electron chi connectivity index (χ2n) is 5.08. The third-order valence-electron chi connectivity index (χ3n) is 3.62. The monoisotopic (exact) mass is 248 g/mol. The van der Waals surface area contributed by atoms with E-state index < -0.39 is 0 Å². The Kier molecular flexibility index (Phi) is 3.30. The molecule has 1 atom stereocenters. The molecule has 2 aliphatic rings. The summed E-state index contributed by atoms with van der Waals surface area (Å²) in [6.07, 6.45) is 1.19. The summed E-state index contributed by atoms with van der Waals surface area (Å²) in [5, 5.41) is 4.25. The molecule has 2 heterocycles. The van der Waals surface area contributed by atoms with Crippen LogP contribution in [0.3, 0.4) is 0 Å².